The number of hydrogen-bond donors (Lipinski definition) is 1. The Bertz CT molecular complexity index is 748. The van der Waals surface area contributed by atoms with E-state index in [-0.39, 0.29) is 24.1 Å². The van der Waals surface area contributed by atoms with Gasteiger partial charge in [-0.3, -0.25) is 14.2 Å². The van der Waals surface area contributed by atoms with Crippen LogP contribution in [0.1, 0.15) is 50.0 Å². The third kappa shape index (κ3) is 4.19. The van der Waals surface area contributed by atoms with Crippen molar-refractivity contribution in [1.29, 1.82) is 0 Å². The van der Waals surface area contributed by atoms with Crippen LogP contribution in [-0.2, 0) is 11.3 Å². The molecule has 0 radical (unpaired) electrons. The molecule has 0 saturated carbocycles. The molecular formula is C17H25N3O2S. The normalized spacial score (nSPS) is 12.5. The predicted octanol–water partition coefficient (Wildman–Crippen LogP) is 3.16. The van der Waals surface area contributed by atoms with E-state index in [0.29, 0.717) is 5.39 Å². The van der Waals surface area contributed by atoms with E-state index in [1.165, 1.54) is 35.1 Å². The second kappa shape index (κ2) is 7.73. The SMILES string of the molecule is CCCCC[C@@H](C)NC(=O)Cn1cnc2sc(C)c(C)c2c1=O. The zero-order valence-electron chi connectivity index (χ0n) is 14.3. The van der Waals surface area contributed by atoms with Crippen molar-refractivity contribution in [2.75, 3.05) is 0 Å². The molecule has 2 aromatic rings. The van der Waals surface area contributed by atoms with Crippen LogP contribution in [0.4, 0.5) is 0 Å². The van der Waals surface area contributed by atoms with Crippen molar-refractivity contribution in [3.63, 3.8) is 0 Å². The Morgan fingerprint density at radius 1 is 1.39 bits per heavy atom. The molecule has 0 aliphatic rings. The Balaban J connectivity index is 2.07. The van der Waals surface area contributed by atoms with Crippen LogP contribution in [0.2, 0.25) is 0 Å². The third-order valence-corrected chi connectivity index (χ3v) is 5.23. The summed E-state index contributed by atoms with van der Waals surface area (Å²) in [7, 11) is 0. The predicted molar refractivity (Wildman–Crippen MR) is 95.1 cm³/mol. The van der Waals surface area contributed by atoms with Gasteiger partial charge in [0.2, 0.25) is 5.91 Å². The Kier molecular flexibility index (Phi) is 5.93. The van der Waals surface area contributed by atoms with Gasteiger partial charge in [0.05, 0.1) is 11.7 Å². The van der Waals surface area contributed by atoms with Gasteiger partial charge in [-0.1, -0.05) is 26.2 Å². The molecule has 6 heteroatoms. The minimum Gasteiger partial charge on any atom is -0.352 e. The van der Waals surface area contributed by atoms with Crippen molar-refractivity contribution in [2.24, 2.45) is 0 Å². The van der Waals surface area contributed by atoms with Gasteiger partial charge in [0.25, 0.3) is 5.56 Å². The van der Waals surface area contributed by atoms with Crippen LogP contribution in [0.15, 0.2) is 11.1 Å². The van der Waals surface area contributed by atoms with Crippen molar-refractivity contribution < 1.29 is 4.79 Å². The Morgan fingerprint density at radius 3 is 2.83 bits per heavy atom. The van der Waals surface area contributed by atoms with Gasteiger partial charge >= 0.3 is 0 Å². The number of aromatic nitrogens is 2. The zero-order valence-corrected chi connectivity index (χ0v) is 15.1. The maximum atomic E-state index is 12.5. The van der Waals surface area contributed by atoms with Gasteiger partial charge in [0.1, 0.15) is 11.4 Å². The monoisotopic (exact) mass is 335 g/mol. The molecule has 0 fully saturated rings. The minimum absolute atomic E-state index is 0.0220. The van der Waals surface area contributed by atoms with E-state index in [1.807, 2.05) is 20.8 Å². The van der Waals surface area contributed by atoms with Crippen LogP contribution in [0.25, 0.3) is 10.2 Å². The molecule has 126 valence electrons. The highest BCUT2D eigenvalue weighted by molar-refractivity contribution is 7.18. The molecule has 2 heterocycles. The van der Waals surface area contributed by atoms with E-state index in [2.05, 4.69) is 17.2 Å². The van der Waals surface area contributed by atoms with Gasteiger partial charge in [0.15, 0.2) is 0 Å². The lowest BCUT2D eigenvalue weighted by Gasteiger charge is -2.14. The summed E-state index contributed by atoms with van der Waals surface area (Å²) in [4.78, 5) is 30.8. The molecule has 0 spiro atoms. The molecule has 2 rings (SSSR count). The highest BCUT2D eigenvalue weighted by atomic mass is 32.1. The summed E-state index contributed by atoms with van der Waals surface area (Å²) in [5, 5.41) is 3.60. The van der Waals surface area contributed by atoms with Crippen molar-refractivity contribution in [1.82, 2.24) is 14.9 Å². The van der Waals surface area contributed by atoms with Gasteiger partial charge in [0, 0.05) is 10.9 Å². The first-order valence-corrected chi connectivity index (χ1v) is 9.00. The van der Waals surface area contributed by atoms with Crippen LogP contribution in [0.5, 0.6) is 0 Å². The number of carbonyl (C=O) groups is 1. The molecule has 23 heavy (non-hydrogen) atoms. The molecule has 0 saturated heterocycles. The Hall–Kier alpha value is -1.69. The summed E-state index contributed by atoms with van der Waals surface area (Å²) in [5.74, 6) is -0.137. The van der Waals surface area contributed by atoms with E-state index in [4.69, 9.17) is 0 Å². The zero-order chi connectivity index (χ0) is 17.0. The molecule has 0 unspecified atom stereocenters. The number of amides is 1. The summed E-state index contributed by atoms with van der Waals surface area (Å²) in [5.41, 5.74) is 0.829. The highest BCUT2D eigenvalue weighted by Gasteiger charge is 2.14. The summed E-state index contributed by atoms with van der Waals surface area (Å²) in [6.07, 6.45) is 5.90. The molecule has 0 aliphatic heterocycles. The molecule has 1 N–H and O–H groups in total. The van der Waals surface area contributed by atoms with Crippen LogP contribution in [0, 0.1) is 13.8 Å². The fraction of sp³-hybridized carbons (Fsp3) is 0.588. The van der Waals surface area contributed by atoms with Crippen LogP contribution in [0.3, 0.4) is 0 Å². The first-order valence-electron chi connectivity index (χ1n) is 8.18. The fourth-order valence-electron chi connectivity index (χ4n) is 2.63. The number of hydrogen-bond acceptors (Lipinski definition) is 4. The molecule has 0 aliphatic carbocycles. The minimum atomic E-state index is -0.137. The molecular weight excluding hydrogens is 310 g/mol. The number of unbranched alkanes of at least 4 members (excludes halogenated alkanes) is 2. The van der Waals surface area contributed by atoms with Gasteiger partial charge in [-0.2, -0.15) is 0 Å². The van der Waals surface area contributed by atoms with E-state index >= 15 is 0 Å². The number of nitrogens with one attached hydrogen (secondary N) is 1. The van der Waals surface area contributed by atoms with Crippen molar-refractivity contribution >= 4 is 27.5 Å². The second-order valence-corrected chi connectivity index (χ2v) is 7.31. The average molecular weight is 335 g/mol. The quantitative estimate of drug-likeness (QED) is 0.791. The van der Waals surface area contributed by atoms with Crippen molar-refractivity contribution in [3.05, 3.63) is 27.1 Å². The molecule has 2 aromatic heterocycles. The second-order valence-electron chi connectivity index (χ2n) is 6.11. The number of fused-ring (bicyclic) bond motifs is 1. The Morgan fingerprint density at radius 2 is 2.13 bits per heavy atom. The van der Waals surface area contributed by atoms with Gasteiger partial charge in [-0.15, -0.1) is 11.3 Å². The maximum absolute atomic E-state index is 12.5. The molecule has 0 aromatic carbocycles. The van der Waals surface area contributed by atoms with E-state index in [1.54, 1.807) is 0 Å². The number of carbonyl (C=O) groups excluding carboxylic acids is 1. The average Bonchev–Trinajstić information content (AvgIpc) is 2.78. The van der Waals surface area contributed by atoms with Crippen molar-refractivity contribution in [3.8, 4) is 0 Å². The summed E-state index contributed by atoms with van der Waals surface area (Å²) in [6, 6.07) is 0.131. The maximum Gasteiger partial charge on any atom is 0.262 e. The summed E-state index contributed by atoms with van der Waals surface area (Å²) < 4.78 is 1.40. The molecule has 5 nitrogen and oxygen atoms in total. The molecule has 0 bridgehead atoms. The summed E-state index contributed by atoms with van der Waals surface area (Å²) in [6.45, 7) is 8.10. The van der Waals surface area contributed by atoms with E-state index in [9.17, 15) is 9.59 Å². The molecule has 1 amide bonds. The van der Waals surface area contributed by atoms with Gasteiger partial charge < -0.3 is 5.32 Å². The van der Waals surface area contributed by atoms with Crippen molar-refractivity contribution in [2.45, 2.75) is 66.0 Å². The lowest BCUT2D eigenvalue weighted by Crippen LogP contribution is -2.37. The van der Waals surface area contributed by atoms with E-state index < -0.39 is 0 Å². The fourth-order valence-corrected chi connectivity index (χ4v) is 3.62. The highest BCUT2D eigenvalue weighted by Crippen LogP contribution is 2.25. The lowest BCUT2D eigenvalue weighted by atomic mass is 10.1. The number of thiophene rings is 1. The largest absolute Gasteiger partial charge is 0.352 e. The first-order chi connectivity index (χ1) is 10.9. The Labute approximate surface area is 140 Å². The van der Waals surface area contributed by atoms with Crippen LogP contribution < -0.4 is 10.9 Å². The first kappa shape index (κ1) is 17.7. The number of aryl methyl sites for hydroxylation is 2. The standard InChI is InChI=1S/C17H25N3O2S/c1-5-6-7-8-11(2)19-14(21)9-20-10-18-16-15(17(20)22)12(3)13(4)23-16/h10-11H,5-9H2,1-4H3,(H,19,21)/t11-/m1/s1. The third-order valence-electron chi connectivity index (χ3n) is 4.12. The van der Waals surface area contributed by atoms with Crippen LogP contribution >= 0.6 is 11.3 Å². The van der Waals surface area contributed by atoms with Crippen LogP contribution in [-0.4, -0.2) is 21.5 Å². The number of rotatable bonds is 7. The smallest absolute Gasteiger partial charge is 0.262 e. The number of nitrogens with zero attached hydrogens (tertiary/aromatic N) is 2. The summed E-state index contributed by atoms with van der Waals surface area (Å²) >= 11 is 1.52. The topological polar surface area (TPSA) is 64.0 Å². The lowest BCUT2D eigenvalue weighted by molar-refractivity contribution is -0.122. The molecule has 1 atom stereocenters. The van der Waals surface area contributed by atoms with E-state index in [0.717, 1.165) is 28.1 Å². The van der Waals surface area contributed by atoms with Gasteiger partial charge in [-0.05, 0) is 32.8 Å². The van der Waals surface area contributed by atoms with Gasteiger partial charge in [-0.25, -0.2) is 4.98 Å².